The van der Waals surface area contributed by atoms with E-state index in [0.717, 1.165) is 0 Å². The quantitative estimate of drug-likeness (QED) is 0.417. The van der Waals surface area contributed by atoms with Crippen LogP contribution in [0.15, 0.2) is 47.6 Å². The number of carbonyl (C=O) groups is 1. The third-order valence-electron chi connectivity index (χ3n) is 3.32. The highest BCUT2D eigenvalue weighted by molar-refractivity contribution is 7.98. The Bertz CT molecular complexity index is 913. The van der Waals surface area contributed by atoms with Gasteiger partial charge in [-0.1, -0.05) is 41.9 Å². The Hall–Kier alpha value is -2.29. The zero-order valence-electron chi connectivity index (χ0n) is 11.6. The number of pyridine rings is 1. The number of nitriles is 1. The molecule has 1 aromatic carbocycles. The van der Waals surface area contributed by atoms with Crippen molar-refractivity contribution in [3.63, 3.8) is 0 Å². The Kier molecular flexibility index (Phi) is 3.88. The molecule has 0 saturated heterocycles. The molecule has 0 bridgehead atoms. The lowest BCUT2D eigenvalue weighted by Gasteiger charge is -2.12. The number of benzene rings is 1. The molecular formula is C16H10ClN3OS. The van der Waals surface area contributed by atoms with E-state index in [1.807, 2.05) is 12.3 Å². The normalized spacial score (nSPS) is 10.6. The number of aromatic nitrogens is 2. The van der Waals surface area contributed by atoms with E-state index in [-0.39, 0.29) is 10.9 Å². The van der Waals surface area contributed by atoms with Gasteiger partial charge >= 0.3 is 0 Å². The van der Waals surface area contributed by atoms with Gasteiger partial charge in [-0.15, -0.1) is 11.8 Å². The number of ketones is 1. The third kappa shape index (κ3) is 2.17. The van der Waals surface area contributed by atoms with E-state index in [1.54, 1.807) is 41.1 Å². The Labute approximate surface area is 136 Å². The first-order valence-electron chi connectivity index (χ1n) is 6.41. The van der Waals surface area contributed by atoms with E-state index in [1.165, 1.54) is 11.8 Å². The van der Waals surface area contributed by atoms with Crippen LogP contribution in [0.3, 0.4) is 0 Å². The molecular weight excluding hydrogens is 318 g/mol. The zero-order chi connectivity index (χ0) is 15.7. The highest BCUT2D eigenvalue weighted by Gasteiger charge is 2.24. The molecule has 6 heteroatoms. The predicted octanol–water partition coefficient (Wildman–Crippen LogP) is 3.81. The van der Waals surface area contributed by atoms with Gasteiger partial charge in [0.1, 0.15) is 22.4 Å². The van der Waals surface area contributed by atoms with Crippen LogP contribution in [0.5, 0.6) is 0 Å². The lowest BCUT2D eigenvalue weighted by Crippen LogP contribution is -2.09. The second-order valence-electron chi connectivity index (χ2n) is 4.50. The van der Waals surface area contributed by atoms with Crippen LogP contribution in [0.25, 0.3) is 5.65 Å². The van der Waals surface area contributed by atoms with E-state index in [9.17, 15) is 10.1 Å². The van der Waals surface area contributed by atoms with Crippen molar-refractivity contribution < 1.29 is 4.79 Å². The first kappa shape index (κ1) is 14.6. The van der Waals surface area contributed by atoms with Crippen LogP contribution in [0.2, 0.25) is 5.15 Å². The molecule has 2 heterocycles. The monoisotopic (exact) mass is 327 g/mol. The molecule has 0 saturated carbocycles. The second kappa shape index (κ2) is 5.84. The van der Waals surface area contributed by atoms with Gasteiger partial charge < -0.3 is 0 Å². The molecule has 0 radical (unpaired) electrons. The summed E-state index contributed by atoms with van der Waals surface area (Å²) >= 11 is 7.59. The third-order valence-corrected chi connectivity index (χ3v) is 4.50. The second-order valence-corrected chi connectivity index (χ2v) is 5.68. The van der Waals surface area contributed by atoms with Crippen LogP contribution >= 0.6 is 23.4 Å². The molecule has 2 aromatic heterocycles. The highest BCUT2D eigenvalue weighted by Crippen LogP contribution is 2.34. The summed E-state index contributed by atoms with van der Waals surface area (Å²) in [6, 6.07) is 11.0. The summed E-state index contributed by atoms with van der Waals surface area (Å²) in [5, 5.41) is 9.68. The topological polar surface area (TPSA) is 58.2 Å². The summed E-state index contributed by atoms with van der Waals surface area (Å²) in [5.74, 6) is -0.172. The molecule has 0 spiro atoms. The first-order chi connectivity index (χ1) is 10.7. The van der Waals surface area contributed by atoms with Crippen LogP contribution < -0.4 is 0 Å². The maximum atomic E-state index is 12.9. The highest BCUT2D eigenvalue weighted by atomic mass is 35.5. The average molecular weight is 328 g/mol. The molecule has 22 heavy (non-hydrogen) atoms. The van der Waals surface area contributed by atoms with E-state index < -0.39 is 0 Å². The average Bonchev–Trinajstić information content (AvgIpc) is 3.04. The lowest BCUT2D eigenvalue weighted by molar-refractivity contribution is 0.103. The number of fused-ring (bicyclic) bond motifs is 1. The van der Waals surface area contributed by atoms with Crippen molar-refractivity contribution in [3.8, 4) is 6.07 Å². The van der Waals surface area contributed by atoms with Crippen molar-refractivity contribution >= 4 is 34.8 Å². The molecule has 0 aliphatic heterocycles. The van der Waals surface area contributed by atoms with Gasteiger partial charge in [-0.05, 0) is 6.26 Å². The molecule has 0 aliphatic carbocycles. The standard InChI is InChI=1S/C16H10ClN3OS/c1-22-14-11(9-18)15(17)20-8-7-19-16(20)12(14)13(21)10-5-3-2-4-6-10/h2-8H,1H3. The summed E-state index contributed by atoms with van der Waals surface area (Å²) in [5.41, 5.74) is 1.71. The SMILES string of the molecule is CSc1c(C#N)c(Cl)n2ccnc2c1C(=O)c1ccccc1. The number of thioether (sulfide) groups is 1. The number of carbonyl (C=O) groups excluding carboxylic acids is 1. The smallest absolute Gasteiger partial charge is 0.197 e. The van der Waals surface area contributed by atoms with Crippen LogP contribution in [0.4, 0.5) is 0 Å². The number of halogens is 1. The minimum Gasteiger partial charge on any atom is -0.288 e. The van der Waals surface area contributed by atoms with Gasteiger partial charge in [-0.3, -0.25) is 9.20 Å². The van der Waals surface area contributed by atoms with Crippen LogP contribution in [0, 0.1) is 11.3 Å². The fraction of sp³-hybridized carbons (Fsp3) is 0.0625. The molecule has 3 rings (SSSR count). The molecule has 0 atom stereocenters. The molecule has 0 N–H and O–H groups in total. The van der Waals surface area contributed by atoms with Crippen molar-refractivity contribution in [1.82, 2.24) is 9.38 Å². The summed E-state index contributed by atoms with van der Waals surface area (Å²) in [6.45, 7) is 0. The zero-order valence-corrected chi connectivity index (χ0v) is 13.1. The molecule has 0 unspecified atom stereocenters. The molecule has 0 amide bonds. The Balaban J connectivity index is 2.38. The summed E-state index contributed by atoms with van der Waals surface area (Å²) < 4.78 is 1.57. The molecule has 108 valence electrons. The summed E-state index contributed by atoms with van der Waals surface area (Å²) in [6.07, 6.45) is 5.02. The van der Waals surface area contributed by atoms with Crippen LogP contribution in [-0.4, -0.2) is 21.4 Å². The molecule has 3 aromatic rings. The molecule has 4 nitrogen and oxygen atoms in total. The van der Waals surface area contributed by atoms with E-state index in [2.05, 4.69) is 11.1 Å². The van der Waals surface area contributed by atoms with Crippen molar-refractivity contribution in [3.05, 3.63) is 64.6 Å². The minimum atomic E-state index is -0.172. The predicted molar refractivity (Wildman–Crippen MR) is 86.6 cm³/mol. The number of hydrogen-bond donors (Lipinski definition) is 0. The van der Waals surface area contributed by atoms with Gasteiger partial charge in [0.15, 0.2) is 5.78 Å². The lowest BCUT2D eigenvalue weighted by atomic mass is 10.0. The fourth-order valence-corrected chi connectivity index (χ4v) is 3.39. The number of nitrogens with zero attached hydrogens (tertiary/aromatic N) is 3. The largest absolute Gasteiger partial charge is 0.288 e. The maximum absolute atomic E-state index is 12.9. The molecule has 0 fully saturated rings. The van der Waals surface area contributed by atoms with Crippen molar-refractivity contribution in [2.45, 2.75) is 4.90 Å². The Morgan fingerprint density at radius 1 is 1.36 bits per heavy atom. The number of hydrogen-bond acceptors (Lipinski definition) is 4. The van der Waals surface area contributed by atoms with Crippen LogP contribution in [-0.2, 0) is 0 Å². The Morgan fingerprint density at radius 3 is 2.73 bits per heavy atom. The first-order valence-corrected chi connectivity index (χ1v) is 8.01. The van der Waals surface area contributed by atoms with E-state index >= 15 is 0 Å². The number of imidazole rings is 1. The van der Waals surface area contributed by atoms with Gasteiger partial charge in [-0.25, -0.2) is 4.98 Å². The van der Waals surface area contributed by atoms with Crippen LogP contribution in [0.1, 0.15) is 21.5 Å². The van der Waals surface area contributed by atoms with Crippen molar-refractivity contribution in [2.24, 2.45) is 0 Å². The van der Waals surface area contributed by atoms with Gasteiger partial charge in [0.05, 0.1) is 5.56 Å². The summed E-state index contributed by atoms with van der Waals surface area (Å²) in [4.78, 5) is 17.7. The van der Waals surface area contributed by atoms with Gasteiger partial charge in [-0.2, -0.15) is 5.26 Å². The maximum Gasteiger partial charge on any atom is 0.197 e. The Morgan fingerprint density at radius 2 is 2.09 bits per heavy atom. The van der Waals surface area contributed by atoms with Gasteiger partial charge in [0.2, 0.25) is 0 Å². The minimum absolute atomic E-state index is 0.172. The number of rotatable bonds is 3. The molecule has 0 aliphatic rings. The van der Waals surface area contributed by atoms with Gasteiger partial charge in [0, 0.05) is 22.9 Å². The van der Waals surface area contributed by atoms with E-state index in [0.29, 0.717) is 27.2 Å². The van der Waals surface area contributed by atoms with Crippen molar-refractivity contribution in [1.29, 1.82) is 5.26 Å². The van der Waals surface area contributed by atoms with Gasteiger partial charge in [0.25, 0.3) is 0 Å². The summed E-state index contributed by atoms with van der Waals surface area (Å²) in [7, 11) is 0. The van der Waals surface area contributed by atoms with E-state index in [4.69, 9.17) is 11.6 Å². The fourth-order valence-electron chi connectivity index (χ4n) is 2.33. The van der Waals surface area contributed by atoms with Crippen molar-refractivity contribution in [2.75, 3.05) is 6.26 Å².